The minimum atomic E-state index is -0.355. The van der Waals surface area contributed by atoms with Gasteiger partial charge in [-0.25, -0.2) is 0 Å². The molecule has 1 aliphatic rings. The molecule has 1 aliphatic heterocycles. The Bertz CT molecular complexity index is 452. The van der Waals surface area contributed by atoms with Crippen molar-refractivity contribution in [2.45, 2.75) is 45.9 Å². The summed E-state index contributed by atoms with van der Waals surface area (Å²) in [6.07, 6.45) is -0.355. The lowest BCUT2D eigenvalue weighted by Gasteiger charge is -2.39. The Balaban J connectivity index is 2.07. The molecule has 0 aromatic heterocycles. The Morgan fingerprint density at radius 3 is 2.35 bits per heavy atom. The van der Waals surface area contributed by atoms with E-state index in [1.54, 1.807) is 0 Å². The van der Waals surface area contributed by atoms with Gasteiger partial charge in [-0.2, -0.15) is 0 Å². The minimum absolute atomic E-state index is 0.103. The molecule has 3 unspecified atom stereocenters. The normalized spacial score (nSPS) is 20.9. The molecule has 0 aliphatic carbocycles. The molecule has 0 spiro atoms. The molecule has 0 radical (unpaired) electrons. The molecule has 1 fully saturated rings. The second-order valence-corrected chi connectivity index (χ2v) is 7.58. The predicted molar refractivity (Wildman–Crippen MR) is 94.5 cm³/mol. The molecular weight excluding hydrogens is 288 g/mol. The van der Waals surface area contributed by atoms with Gasteiger partial charge < -0.3 is 15.2 Å². The summed E-state index contributed by atoms with van der Waals surface area (Å²) in [5, 5.41) is 13.9. The van der Waals surface area contributed by atoms with Crippen LogP contribution >= 0.6 is 0 Å². The lowest BCUT2D eigenvalue weighted by atomic mass is 9.88. The molecule has 2 N–H and O–H groups in total. The Kier molecular flexibility index (Phi) is 6.60. The summed E-state index contributed by atoms with van der Waals surface area (Å²) in [5.74, 6) is 0. The molecule has 4 heteroatoms. The molecular formula is C19H32N2O2. The zero-order chi connectivity index (χ0) is 16.9. The fraction of sp³-hybridized carbons (Fsp3) is 0.684. The van der Waals surface area contributed by atoms with Crippen LogP contribution in [-0.4, -0.2) is 55.0 Å². The van der Waals surface area contributed by atoms with E-state index in [1.807, 2.05) is 0 Å². The van der Waals surface area contributed by atoms with Gasteiger partial charge in [0, 0.05) is 25.7 Å². The number of nitrogens with one attached hydrogen (secondary N) is 1. The molecule has 23 heavy (non-hydrogen) atoms. The van der Waals surface area contributed by atoms with Crippen LogP contribution < -0.4 is 5.32 Å². The molecule has 2 rings (SSSR count). The third-order valence-electron chi connectivity index (χ3n) is 4.69. The number of benzene rings is 1. The molecule has 0 amide bonds. The molecule has 130 valence electrons. The van der Waals surface area contributed by atoms with E-state index in [2.05, 4.69) is 68.2 Å². The fourth-order valence-corrected chi connectivity index (χ4v) is 3.04. The lowest BCUT2D eigenvalue weighted by Crippen LogP contribution is -2.49. The molecule has 4 nitrogen and oxygen atoms in total. The first-order valence-corrected chi connectivity index (χ1v) is 8.68. The van der Waals surface area contributed by atoms with Crippen LogP contribution in [0, 0.1) is 5.41 Å². The summed E-state index contributed by atoms with van der Waals surface area (Å²) in [5.41, 5.74) is 1.22. The van der Waals surface area contributed by atoms with Crippen molar-refractivity contribution in [3.63, 3.8) is 0 Å². The van der Waals surface area contributed by atoms with E-state index >= 15 is 0 Å². The quantitative estimate of drug-likeness (QED) is 0.845. The first kappa shape index (κ1) is 18.4. The number of hydrogen-bond acceptors (Lipinski definition) is 4. The topological polar surface area (TPSA) is 44.7 Å². The third-order valence-corrected chi connectivity index (χ3v) is 4.69. The Morgan fingerprint density at radius 1 is 1.17 bits per heavy atom. The van der Waals surface area contributed by atoms with E-state index in [0.717, 1.165) is 26.3 Å². The van der Waals surface area contributed by atoms with Gasteiger partial charge in [0.2, 0.25) is 0 Å². The monoisotopic (exact) mass is 320 g/mol. The lowest BCUT2D eigenvalue weighted by molar-refractivity contribution is 0.00518. The van der Waals surface area contributed by atoms with Crippen LogP contribution in [0.4, 0.5) is 0 Å². The standard InChI is InChI=1S/C19H32N2O2/c1-15(20-14-17(22)19(2,3)4)18(16-8-6-5-7-9-16)21-10-12-23-13-11-21/h5-9,15,17-18,20,22H,10-14H2,1-4H3. The van der Waals surface area contributed by atoms with E-state index in [4.69, 9.17) is 4.74 Å². The van der Waals surface area contributed by atoms with Crippen LogP contribution in [0.5, 0.6) is 0 Å². The van der Waals surface area contributed by atoms with E-state index in [0.29, 0.717) is 12.6 Å². The van der Waals surface area contributed by atoms with Crippen molar-refractivity contribution >= 4 is 0 Å². The van der Waals surface area contributed by atoms with Crippen molar-refractivity contribution in [2.75, 3.05) is 32.8 Å². The molecule has 1 aromatic rings. The first-order valence-electron chi connectivity index (χ1n) is 8.68. The second kappa shape index (κ2) is 8.25. The van der Waals surface area contributed by atoms with Gasteiger partial charge in [0.15, 0.2) is 0 Å². The minimum Gasteiger partial charge on any atom is -0.391 e. The zero-order valence-corrected chi connectivity index (χ0v) is 15.0. The van der Waals surface area contributed by atoms with E-state index in [9.17, 15) is 5.11 Å². The highest BCUT2D eigenvalue weighted by Gasteiger charge is 2.29. The van der Waals surface area contributed by atoms with Gasteiger partial charge in [-0.15, -0.1) is 0 Å². The predicted octanol–water partition coefficient (Wildman–Crippen LogP) is 2.45. The smallest absolute Gasteiger partial charge is 0.0712 e. The molecule has 3 atom stereocenters. The number of hydrogen-bond donors (Lipinski definition) is 2. The average molecular weight is 320 g/mol. The Morgan fingerprint density at radius 2 is 1.78 bits per heavy atom. The van der Waals surface area contributed by atoms with Crippen LogP contribution in [-0.2, 0) is 4.74 Å². The van der Waals surface area contributed by atoms with Crippen molar-refractivity contribution in [1.29, 1.82) is 0 Å². The average Bonchev–Trinajstić information content (AvgIpc) is 2.54. The van der Waals surface area contributed by atoms with Crippen LogP contribution in [0.1, 0.15) is 39.3 Å². The van der Waals surface area contributed by atoms with Crippen LogP contribution in [0.25, 0.3) is 0 Å². The SMILES string of the molecule is CC(NCC(O)C(C)(C)C)C(c1ccccc1)N1CCOCC1. The first-order chi connectivity index (χ1) is 10.9. The van der Waals surface area contributed by atoms with Gasteiger partial charge in [0.1, 0.15) is 0 Å². The van der Waals surface area contributed by atoms with Crippen molar-refractivity contribution in [1.82, 2.24) is 10.2 Å². The molecule has 0 bridgehead atoms. The van der Waals surface area contributed by atoms with Gasteiger partial charge in [0.25, 0.3) is 0 Å². The Labute approximate surface area is 140 Å². The van der Waals surface area contributed by atoms with Gasteiger partial charge >= 0.3 is 0 Å². The van der Waals surface area contributed by atoms with Crippen molar-refractivity contribution < 1.29 is 9.84 Å². The van der Waals surface area contributed by atoms with E-state index in [1.165, 1.54) is 5.56 Å². The second-order valence-electron chi connectivity index (χ2n) is 7.58. The maximum atomic E-state index is 10.3. The van der Waals surface area contributed by atoms with Gasteiger partial charge in [0.05, 0.1) is 25.4 Å². The van der Waals surface area contributed by atoms with Crippen LogP contribution in [0.2, 0.25) is 0 Å². The number of ether oxygens (including phenoxy) is 1. The van der Waals surface area contributed by atoms with Crippen LogP contribution in [0.3, 0.4) is 0 Å². The zero-order valence-electron chi connectivity index (χ0n) is 15.0. The third kappa shape index (κ3) is 5.28. The summed E-state index contributed by atoms with van der Waals surface area (Å²) >= 11 is 0. The molecule has 1 saturated heterocycles. The van der Waals surface area contributed by atoms with Crippen LogP contribution in [0.15, 0.2) is 30.3 Å². The van der Waals surface area contributed by atoms with Crippen molar-refractivity contribution in [3.8, 4) is 0 Å². The summed E-state index contributed by atoms with van der Waals surface area (Å²) in [6, 6.07) is 11.2. The highest BCUT2D eigenvalue weighted by molar-refractivity contribution is 5.21. The number of aliphatic hydroxyl groups excluding tert-OH is 1. The molecule has 1 heterocycles. The maximum absolute atomic E-state index is 10.3. The largest absolute Gasteiger partial charge is 0.391 e. The highest BCUT2D eigenvalue weighted by atomic mass is 16.5. The summed E-state index contributed by atoms with van der Waals surface area (Å²) in [7, 11) is 0. The highest BCUT2D eigenvalue weighted by Crippen LogP contribution is 2.26. The van der Waals surface area contributed by atoms with E-state index < -0.39 is 0 Å². The van der Waals surface area contributed by atoms with Gasteiger partial charge in [-0.1, -0.05) is 51.1 Å². The number of nitrogens with zero attached hydrogens (tertiary/aromatic N) is 1. The Hall–Kier alpha value is -0.940. The number of morpholine rings is 1. The number of rotatable bonds is 6. The molecule has 0 saturated carbocycles. The van der Waals surface area contributed by atoms with Crippen molar-refractivity contribution in [3.05, 3.63) is 35.9 Å². The van der Waals surface area contributed by atoms with Crippen molar-refractivity contribution in [2.24, 2.45) is 5.41 Å². The number of aliphatic hydroxyl groups is 1. The summed E-state index contributed by atoms with van der Waals surface area (Å²) in [4.78, 5) is 2.49. The summed E-state index contributed by atoms with van der Waals surface area (Å²) < 4.78 is 5.51. The van der Waals surface area contributed by atoms with Gasteiger partial charge in [-0.3, -0.25) is 4.90 Å². The van der Waals surface area contributed by atoms with Gasteiger partial charge in [-0.05, 0) is 17.9 Å². The summed E-state index contributed by atoms with van der Waals surface area (Å²) in [6.45, 7) is 12.5. The fourth-order valence-electron chi connectivity index (χ4n) is 3.04. The van der Waals surface area contributed by atoms with E-state index in [-0.39, 0.29) is 17.6 Å². The molecule has 1 aromatic carbocycles. The maximum Gasteiger partial charge on any atom is 0.0712 e.